The Morgan fingerprint density at radius 1 is 1.21 bits per heavy atom. The smallest absolute Gasteiger partial charge is 0.248 e. The van der Waals surface area contributed by atoms with Crippen molar-refractivity contribution in [2.45, 2.75) is 51.9 Å². The van der Waals surface area contributed by atoms with E-state index >= 15 is 0 Å². The molecule has 0 unspecified atom stereocenters. The number of sulfonamides is 1. The zero-order chi connectivity index (χ0) is 20.9. The molecule has 1 aromatic heterocycles. The predicted molar refractivity (Wildman–Crippen MR) is 103 cm³/mol. The monoisotopic (exact) mass is 414 g/mol. The maximum Gasteiger partial charge on any atom is 0.248 e. The summed E-state index contributed by atoms with van der Waals surface area (Å²) in [4.78, 5) is 23.2. The summed E-state index contributed by atoms with van der Waals surface area (Å²) in [5, 5.41) is 9.19. The highest BCUT2D eigenvalue weighted by Crippen LogP contribution is 2.33. The van der Waals surface area contributed by atoms with Crippen LogP contribution in [0.1, 0.15) is 44.6 Å². The third-order valence-electron chi connectivity index (χ3n) is 5.21. The van der Waals surface area contributed by atoms with Gasteiger partial charge in [-0.2, -0.15) is 4.31 Å². The summed E-state index contributed by atoms with van der Waals surface area (Å²) in [5.41, 5.74) is 0.367. The molecule has 0 spiro atoms. The van der Waals surface area contributed by atoms with Crippen LogP contribution in [-0.4, -0.2) is 55.9 Å². The molecule has 2 N–H and O–H groups in total. The average molecular weight is 415 g/mol. The fraction of sp³-hybridized carbons (Fsp3) is 0.722. The molecule has 1 aliphatic rings. The first-order valence-corrected chi connectivity index (χ1v) is 11.0. The zero-order valence-corrected chi connectivity index (χ0v) is 17.8. The van der Waals surface area contributed by atoms with Crippen LogP contribution in [0.3, 0.4) is 0 Å². The zero-order valence-electron chi connectivity index (χ0n) is 16.9. The molecule has 1 fully saturated rings. The van der Waals surface area contributed by atoms with Crippen LogP contribution < -0.4 is 10.6 Å². The van der Waals surface area contributed by atoms with Gasteiger partial charge in [-0.05, 0) is 32.1 Å². The van der Waals surface area contributed by atoms with Crippen molar-refractivity contribution in [3.63, 3.8) is 0 Å². The number of rotatable bonds is 8. The summed E-state index contributed by atoms with van der Waals surface area (Å²) < 4.78 is 32.6. The van der Waals surface area contributed by atoms with Crippen molar-refractivity contribution in [1.82, 2.24) is 20.1 Å². The lowest BCUT2D eigenvalue weighted by Gasteiger charge is -2.37. The van der Waals surface area contributed by atoms with Crippen molar-refractivity contribution in [3.05, 3.63) is 11.5 Å². The van der Waals surface area contributed by atoms with E-state index in [1.807, 2.05) is 6.92 Å². The first kappa shape index (κ1) is 22.4. The van der Waals surface area contributed by atoms with Gasteiger partial charge in [0.25, 0.3) is 0 Å². The SMILES string of the molecule is CC[C@H]1CN(S(=O)(=O)c2c(C)noc2C)CC[C@H]1CC(=O)NCCNC(C)=O. The number of hydrogen-bond acceptors (Lipinski definition) is 6. The van der Waals surface area contributed by atoms with Gasteiger partial charge in [-0.1, -0.05) is 18.5 Å². The third kappa shape index (κ3) is 5.32. The number of nitrogens with zero attached hydrogens (tertiary/aromatic N) is 2. The second-order valence-corrected chi connectivity index (χ2v) is 9.15. The number of carbonyl (C=O) groups excluding carboxylic acids is 2. The molecular formula is C18H30N4O5S. The Bertz CT molecular complexity index is 785. The molecule has 10 heteroatoms. The molecule has 2 atom stereocenters. The Balaban J connectivity index is 1.96. The minimum absolute atomic E-state index is 0.0733. The van der Waals surface area contributed by atoms with Crippen LogP contribution in [0.25, 0.3) is 0 Å². The van der Waals surface area contributed by atoms with Crippen LogP contribution in [0.2, 0.25) is 0 Å². The molecule has 158 valence electrons. The fourth-order valence-electron chi connectivity index (χ4n) is 3.72. The van der Waals surface area contributed by atoms with E-state index in [0.717, 1.165) is 6.42 Å². The van der Waals surface area contributed by atoms with Crippen molar-refractivity contribution >= 4 is 21.8 Å². The Labute approximate surface area is 166 Å². The van der Waals surface area contributed by atoms with Gasteiger partial charge in [0.2, 0.25) is 21.8 Å². The molecule has 0 aliphatic carbocycles. The first-order chi connectivity index (χ1) is 13.2. The first-order valence-electron chi connectivity index (χ1n) is 9.61. The van der Waals surface area contributed by atoms with Gasteiger partial charge in [0, 0.05) is 39.5 Å². The van der Waals surface area contributed by atoms with Crippen LogP contribution in [-0.2, 0) is 19.6 Å². The lowest BCUT2D eigenvalue weighted by Crippen LogP contribution is -2.45. The highest BCUT2D eigenvalue weighted by molar-refractivity contribution is 7.89. The fourth-order valence-corrected chi connectivity index (χ4v) is 5.52. The molecule has 28 heavy (non-hydrogen) atoms. The molecule has 0 bridgehead atoms. The minimum Gasteiger partial charge on any atom is -0.360 e. The van der Waals surface area contributed by atoms with Gasteiger partial charge in [0.1, 0.15) is 10.6 Å². The summed E-state index contributed by atoms with van der Waals surface area (Å²) in [5.74, 6) is 0.321. The van der Waals surface area contributed by atoms with Crippen molar-refractivity contribution in [1.29, 1.82) is 0 Å². The second-order valence-electron chi connectivity index (χ2n) is 7.27. The Kier molecular flexibility index (Phi) is 7.59. The highest BCUT2D eigenvalue weighted by Gasteiger charge is 2.38. The number of piperidine rings is 1. The molecule has 0 saturated carbocycles. The number of aryl methyl sites for hydroxylation is 2. The van der Waals surface area contributed by atoms with Crippen LogP contribution in [0.15, 0.2) is 9.42 Å². The van der Waals surface area contributed by atoms with E-state index in [4.69, 9.17) is 4.52 Å². The van der Waals surface area contributed by atoms with Gasteiger partial charge in [0.05, 0.1) is 0 Å². The van der Waals surface area contributed by atoms with Crippen molar-refractivity contribution in [2.75, 3.05) is 26.2 Å². The largest absolute Gasteiger partial charge is 0.360 e. The van der Waals surface area contributed by atoms with Crippen LogP contribution in [0, 0.1) is 25.7 Å². The predicted octanol–water partition coefficient (Wildman–Crippen LogP) is 0.971. The lowest BCUT2D eigenvalue weighted by atomic mass is 9.82. The molecule has 1 aliphatic heterocycles. The molecule has 0 radical (unpaired) electrons. The van der Waals surface area contributed by atoms with Gasteiger partial charge in [-0.15, -0.1) is 0 Å². The van der Waals surface area contributed by atoms with E-state index in [0.29, 0.717) is 50.5 Å². The number of amides is 2. The van der Waals surface area contributed by atoms with Crippen LogP contribution in [0.5, 0.6) is 0 Å². The lowest BCUT2D eigenvalue weighted by molar-refractivity contribution is -0.123. The average Bonchev–Trinajstić information content (AvgIpc) is 2.97. The van der Waals surface area contributed by atoms with E-state index in [1.165, 1.54) is 11.2 Å². The van der Waals surface area contributed by atoms with Crippen molar-refractivity contribution in [2.24, 2.45) is 11.8 Å². The van der Waals surface area contributed by atoms with Crippen molar-refractivity contribution < 1.29 is 22.5 Å². The van der Waals surface area contributed by atoms with Gasteiger partial charge < -0.3 is 15.2 Å². The normalized spacial score (nSPS) is 20.7. The third-order valence-corrected chi connectivity index (χ3v) is 7.32. The topological polar surface area (TPSA) is 122 Å². The number of nitrogens with one attached hydrogen (secondary N) is 2. The van der Waals surface area contributed by atoms with Crippen molar-refractivity contribution in [3.8, 4) is 0 Å². The number of aromatic nitrogens is 1. The molecule has 2 amide bonds. The quantitative estimate of drug-likeness (QED) is 0.611. The van der Waals surface area contributed by atoms with Gasteiger partial charge >= 0.3 is 0 Å². The molecule has 1 saturated heterocycles. The molecule has 2 rings (SSSR count). The molecular weight excluding hydrogens is 384 g/mol. The standard InChI is InChI=1S/C18H30N4O5S/c1-5-15-11-22(28(25,26)18-12(2)21-27-13(18)3)9-6-16(15)10-17(24)20-8-7-19-14(4)23/h15-16H,5-11H2,1-4H3,(H,19,23)(H,20,24)/t15-,16-/m0/s1. The van der Waals surface area contributed by atoms with Crippen LogP contribution in [0.4, 0.5) is 0 Å². The highest BCUT2D eigenvalue weighted by atomic mass is 32.2. The molecule has 9 nitrogen and oxygen atoms in total. The summed E-state index contributed by atoms with van der Waals surface area (Å²) in [6.45, 7) is 8.19. The van der Waals surface area contributed by atoms with E-state index < -0.39 is 10.0 Å². The Hall–Kier alpha value is -1.94. The number of hydrogen-bond donors (Lipinski definition) is 2. The van der Waals surface area contributed by atoms with Gasteiger partial charge in [-0.3, -0.25) is 9.59 Å². The summed E-state index contributed by atoms with van der Waals surface area (Å²) in [7, 11) is -3.66. The van der Waals surface area contributed by atoms with E-state index in [-0.39, 0.29) is 28.5 Å². The molecule has 1 aromatic rings. The molecule has 2 heterocycles. The summed E-state index contributed by atoms with van der Waals surface area (Å²) >= 11 is 0. The maximum absolute atomic E-state index is 13.0. The van der Waals surface area contributed by atoms with Crippen LogP contribution >= 0.6 is 0 Å². The Morgan fingerprint density at radius 3 is 2.46 bits per heavy atom. The van der Waals surface area contributed by atoms with E-state index in [2.05, 4.69) is 15.8 Å². The molecule has 0 aromatic carbocycles. The van der Waals surface area contributed by atoms with Gasteiger partial charge in [-0.25, -0.2) is 8.42 Å². The maximum atomic E-state index is 13.0. The minimum atomic E-state index is -3.66. The summed E-state index contributed by atoms with van der Waals surface area (Å²) in [6.07, 6.45) is 1.77. The second kappa shape index (κ2) is 9.51. The van der Waals surface area contributed by atoms with E-state index in [1.54, 1.807) is 13.8 Å². The Morgan fingerprint density at radius 2 is 1.89 bits per heavy atom. The number of carbonyl (C=O) groups is 2. The van der Waals surface area contributed by atoms with Gasteiger partial charge in [0.15, 0.2) is 5.76 Å². The van der Waals surface area contributed by atoms with E-state index in [9.17, 15) is 18.0 Å². The summed E-state index contributed by atoms with van der Waals surface area (Å²) in [6, 6.07) is 0.